The maximum Gasteiger partial charge on any atom is 0.225 e. The first kappa shape index (κ1) is 21.9. The molecule has 1 atom stereocenters. The second kappa shape index (κ2) is 10.3. The highest BCUT2D eigenvalue weighted by Gasteiger charge is 2.30. The summed E-state index contributed by atoms with van der Waals surface area (Å²) in [5.74, 6) is 1.04. The molecule has 27 heavy (non-hydrogen) atoms. The van der Waals surface area contributed by atoms with Crippen molar-refractivity contribution in [3.8, 4) is 0 Å². The summed E-state index contributed by atoms with van der Waals surface area (Å²) in [6, 6.07) is 9.38. The van der Waals surface area contributed by atoms with E-state index in [9.17, 15) is 4.79 Å². The van der Waals surface area contributed by atoms with E-state index in [2.05, 4.69) is 45.8 Å². The summed E-state index contributed by atoms with van der Waals surface area (Å²) in [5.41, 5.74) is 2.12. The smallest absolute Gasteiger partial charge is 0.225 e. The van der Waals surface area contributed by atoms with E-state index in [0.29, 0.717) is 19.0 Å². The summed E-state index contributed by atoms with van der Waals surface area (Å²) >= 11 is 0. The lowest BCUT2D eigenvalue weighted by Crippen LogP contribution is -2.45. The Morgan fingerprint density at radius 2 is 2.04 bits per heavy atom. The SMILES string of the molecule is CN=C(NCCN(C(C)C)C1CC1)NCC1CC(=O)Nc2ccccc21.I. The van der Waals surface area contributed by atoms with Crippen LogP contribution < -0.4 is 16.0 Å². The Labute approximate surface area is 179 Å². The van der Waals surface area contributed by atoms with Crippen molar-refractivity contribution >= 4 is 41.5 Å². The van der Waals surface area contributed by atoms with Gasteiger partial charge in [-0.15, -0.1) is 24.0 Å². The van der Waals surface area contributed by atoms with Crippen LogP contribution in [-0.2, 0) is 4.79 Å². The third kappa shape index (κ3) is 6.07. The number of carbonyl (C=O) groups excluding carboxylic acids is 1. The van der Waals surface area contributed by atoms with Gasteiger partial charge in [0.1, 0.15) is 0 Å². The van der Waals surface area contributed by atoms with Gasteiger partial charge >= 0.3 is 0 Å². The van der Waals surface area contributed by atoms with Crippen molar-refractivity contribution in [3.63, 3.8) is 0 Å². The van der Waals surface area contributed by atoms with Crippen LogP contribution in [0.4, 0.5) is 5.69 Å². The van der Waals surface area contributed by atoms with Crippen molar-refractivity contribution in [1.29, 1.82) is 0 Å². The lowest BCUT2D eigenvalue weighted by molar-refractivity contribution is -0.116. The van der Waals surface area contributed by atoms with Crippen LogP contribution in [-0.4, -0.2) is 55.5 Å². The van der Waals surface area contributed by atoms with Gasteiger partial charge in [0, 0.05) is 56.8 Å². The molecule has 0 radical (unpaired) electrons. The molecular weight excluding hydrogens is 453 g/mol. The minimum absolute atomic E-state index is 0. The Kier molecular flexibility index (Phi) is 8.34. The first-order chi connectivity index (χ1) is 12.6. The molecule has 1 unspecified atom stereocenters. The molecule has 1 aromatic carbocycles. The molecule has 6 nitrogen and oxygen atoms in total. The molecule has 1 fully saturated rings. The van der Waals surface area contributed by atoms with Crippen molar-refractivity contribution in [3.05, 3.63) is 29.8 Å². The van der Waals surface area contributed by atoms with Gasteiger partial charge < -0.3 is 16.0 Å². The molecule has 7 heteroatoms. The quantitative estimate of drug-likeness (QED) is 0.316. The molecular formula is C20H32IN5O. The highest BCUT2D eigenvalue weighted by Crippen LogP contribution is 2.31. The topological polar surface area (TPSA) is 68.8 Å². The third-order valence-electron chi connectivity index (χ3n) is 5.19. The Balaban J connectivity index is 0.00000261. The largest absolute Gasteiger partial charge is 0.356 e. The highest BCUT2D eigenvalue weighted by molar-refractivity contribution is 14.0. The summed E-state index contributed by atoms with van der Waals surface area (Å²) in [4.78, 5) is 18.8. The second-order valence-electron chi connectivity index (χ2n) is 7.48. The summed E-state index contributed by atoms with van der Waals surface area (Å²) in [7, 11) is 1.79. The van der Waals surface area contributed by atoms with Crippen LogP contribution >= 0.6 is 24.0 Å². The average molecular weight is 485 g/mol. The number of carbonyl (C=O) groups is 1. The van der Waals surface area contributed by atoms with Gasteiger partial charge in [-0.1, -0.05) is 18.2 Å². The fourth-order valence-electron chi connectivity index (χ4n) is 3.70. The maximum atomic E-state index is 11.9. The predicted octanol–water partition coefficient (Wildman–Crippen LogP) is 2.77. The number of guanidine groups is 1. The monoisotopic (exact) mass is 485 g/mol. The number of benzene rings is 1. The van der Waals surface area contributed by atoms with Gasteiger partial charge in [0.05, 0.1) is 0 Å². The molecule has 1 aromatic rings. The van der Waals surface area contributed by atoms with Crippen molar-refractivity contribution in [2.75, 3.05) is 32.0 Å². The number of nitrogens with zero attached hydrogens (tertiary/aromatic N) is 2. The van der Waals surface area contributed by atoms with E-state index in [-0.39, 0.29) is 35.8 Å². The van der Waals surface area contributed by atoms with Crippen LogP contribution in [0.15, 0.2) is 29.3 Å². The number of para-hydroxylation sites is 1. The van der Waals surface area contributed by atoms with Crippen LogP contribution in [0.25, 0.3) is 0 Å². The lowest BCUT2D eigenvalue weighted by Gasteiger charge is -2.28. The van der Waals surface area contributed by atoms with Gasteiger partial charge in [-0.2, -0.15) is 0 Å². The van der Waals surface area contributed by atoms with Crippen LogP contribution in [0.5, 0.6) is 0 Å². The number of nitrogens with one attached hydrogen (secondary N) is 3. The van der Waals surface area contributed by atoms with Gasteiger partial charge in [-0.05, 0) is 38.3 Å². The number of amides is 1. The van der Waals surface area contributed by atoms with E-state index < -0.39 is 0 Å². The molecule has 1 saturated carbocycles. The van der Waals surface area contributed by atoms with Crippen LogP contribution in [0.3, 0.4) is 0 Å². The molecule has 1 aliphatic carbocycles. The fourth-order valence-corrected chi connectivity index (χ4v) is 3.70. The number of fused-ring (bicyclic) bond motifs is 1. The minimum atomic E-state index is 0. The van der Waals surface area contributed by atoms with Crippen LogP contribution in [0.2, 0.25) is 0 Å². The molecule has 1 amide bonds. The average Bonchev–Trinajstić information content (AvgIpc) is 3.45. The number of hydrogen-bond donors (Lipinski definition) is 3. The van der Waals surface area contributed by atoms with Gasteiger partial charge in [0.15, 0.2) is 5.96 Å². The fraction of sp³-hybridized carbons (Fsp3) is 0.600. The zero-order valence-electron chi connectivity index (χ0n) is 16.5. The summed E-state index contributed by atoms with van der Waals surface area (Å²) in [6.07, 6.45) is 3.16. The van der Waals surface area contributed by atoms with Crippen molar-refractivity contribution in [2.45, 2.75) is 51.1 Å². The van der Waals surface area contributed by atoms with Crippen LogP contribution in [0.1, 0.15) is 44.6 Å². The number of hydrogen-bond acceptors (Lipinski definition) is 3. The van der Waals surface area contributed by atoms with Gasteiger partial charge in [-0.25, -0.2) is 0 Å². The first-order valence-electron chi connectivity index (χ1n) is 9.67. The van der Waals surface area contributed by atoms with Gasteiger partial charge in [0.2, 0.25) is 5.91 Å². The minimum Gasteiger partial charge on any atom is -0.356 e. The van der Waals surface area contributed by atoms with E-state index in [1.165, 1.54) is 18.4 Å². The third-order valence-corrected chi connectivity index (χ3v) is 5.19. The summed E-state index contributed by atoms with van der Waals surface area (Å²) in [5, 5.41) is 9.74. The summed E-state index contributed by atoms with van der Waals surface area (Å²) < 4.78 is 0. The van der Waals surface area contributed by atoms with E-state index in [1.54, 1.807) is 7.05 Å². The van der Waals surface area contributed by atoms with Crippen molar-refractivity contribution in [1.82, 2.24) is 15.5 Å². The first-order valence-corrected chi connectivity index (χ1v) is 9.67. The Morgan fingerprint density at radius 1 is 1.30 bits per heavy atom. The highest BCUT2D eigenvalue weighted by atomic mass is 127. The van der Waals surface area contributed by atoms with Gasteiger partial charge in [0.25, 0.3) is 0 Å². The van der Waals surface area contributed by atoms with E-state index >= 15 is 0 Å². The van der Waals surface area contributed by atoms with E-state index in [4.69, 9.17) is 0 Å². The molecule has 0 saturated heterocycles. The molecule has 150 valence electrons. The number of halogens is 1. The summed E-state index contributed by atoms with van der Waals surface area (Å²) in [6.45, 7) is 7.11. The molecule has 3 rings (SSSR count). The molecule has 0 bridgehead atoms. The normalized spacial score (nSPS) is 19.4. The van der Waals surface area contributed by atoms with E-state index in [1.807, 2.05) is 18.2 Å². The number of rotatable bonds is 7. The zero-order chi connectivity index (χ0) is 18.5. The number of anilines is 1. The Bertz CT molecular complexity index is 658. The van der Waals surface area contributed by atoms with Crippen molar-refractivity contribution < 1.29 is 4.79 Å². The Hall–Kier alpha value is -1.35. The van der Waals surface area contributed by atoms with Crippen LogP contribution in [0, 0.1) is 0 Å². The predicted molar refractivity (Wildman–Crippen MR) is 122 cm³/mol. The zero-order valence-corrected chi connectivity index (χ0v) is 18.8. The Morgan fingerprint density at radius 3 is 2.70 bits per heavy atom. The molecule has 1 heterocycles. The van der Waals surface area contributed by atoms with E-state index in [0.717, 1.165) is 30.8 Å². The number of aliphatic imine (C=N–C) groups is 1. The second-order valence-corrected chi connectivity index (χ2v) is 7.48. The maximum absolute atomic E-state index is 11.9. The standard InChI is InChI=1S/C20H31N5O.HI/c1-14(2)25(16-8-9-16)11-10-22-20(21-3)23-13-15-12-19(26)24-18-7-5-4-6-17(15)18;/h4-7,14-16H,8-13H2,1-3H3,(H,24,26)(H2,21,22,23);1H. The molecule has 3 N–H and O–H groups in total. The molecule has 0 spiro atoms. The van der Waals surface area contributed by atoms with Gasteiger partial charge in [-0.3, -0.25) is 14.7 Å². The molecule has 1 aliphatic heterocycles. The lowest BCUT2D eigenvalue weighted by atomic mass is 9.90. The molecule has 0 aromatic heterocycles. The molecule has 2 aliphatic rings. The van der Waals surface area contributed by atoms with Crippen molar-refractivity contribution in [2.24, 2.45) is 4.99 Å².